The molecule has 1 unspecified atom stereocenters. The Morgan fingerprint density at radius 1 is 1.26 bits per heavy atom. The van der Waals surface area contributed by atoms with Gasteiger partial charge < -0.3 is 20.1 Å². The molecule has 1 fully saturated rings. The van der Waals surface area contributed by atoms with Crippen LogP contribution >= 0.6 is 23.2 Å². The summed E-state index contributed by atoms with van der Waals surface area (Å²) in [6, 6.07) is 7.73. The number of H-pyrrole nitrogens is 1. The molecule has 1 aliphatic heterocycles. The number of hydrogen-bond donors (Lipinski definition) is 2. The average molecular weight is 460 g/mol. The van der Waals surface area contributed by atoms with Crippen LogP contribution in [0.2, 0.25) is 10.0 Å². The minimum Gasteiger partial charge on any atom is -0.346 e. The molecule has 0 spiro atoms. The number of nitrogens with one attached hydrogen (secondary N) is 2. The van der Waals surface area contributed by atoms with Gasteiger partial charge in [-0.1, -0.05) is 35.3 Å². The lowest BCUT2D eigenvalue weighted by Crippen LogP contribution is -2.48. The van der Waals surface area contributed by atoms with Crippen LogP contribution in [0.25, 0.3) is 22.2 Å². The first-order valence-electron chi connectivity index (χ1n) is 10.5. The monoisotopic (exact) mass is 459 g/mol. The van der Waals surface area contributed by atoms with E-state index in [2.05, 4.69) is 27.2 Å². The van der Waals surface area contributed by atoms with Gasteiger partial charge in [-0.3, -0.25) is 0 Å². The van der Waals surface area contributed by atoms with Crippen molar-refractivity contribution in [3.05, 3.63) is 52.3 Å². The molecule has 3 aromatic rings. The van der Waals surface area contributed by atoms with Crippen LogP contribution in [0, 0.1) is 0 Å². The topological polar surface area (TPSA) is 64.3 Å². The smallest absolute Gasteiger partial charge is 0.317 e. The number of carbonyl (C=O) groups excluding carboxylic acids is 1. The number of amides is 2. The lowest BCUT2D eigenvalue weighted by atomic mass is 10.0. The molecular weight excluding hydrogens is 433 g/mol. The number of urea groups is 1. The van der Waals surface area contributed by atoms with Gasteiger partial charge in [0, 0.05) is 42.0 Å². The zero-order valence-corrected chi connectivity index (χ0v) is 19.5. The molecule has 164 valence electrons. The normalized spacial score (nSPS) is 16.4. The van der Waals surface area contributed by atoms with E-state index in [0.717, 1.165) is 53.7 Å². The molecule has 6 nitrogen and oxygen atoms in total. The van der Waals surface area contributed by atoms with Gasteiger partial charge in [-0.05, 0) is 57.6 Å². The first-order valence-corrected chi connectivity index (χ1v) is 11.2. The van der Waals surface area contributed by atoms with Gasteiger partial charge in [0.2, 0.25) is 0 Å². The van der Waals surface area contributed by atoms with Crippen LogP contribution < -0.4 is 5.32 Å². The maximum atomic E-state index is 12.8. The fraction of sp³-hybridized carbons (Fsp3) is 0.391. The van der Waals surface area contributed by atoms with Crippen molar-refractivity contribution in [1.29, 1.82) is 0 Å². The Morgan fingerprint density at radius 3 is 2.74 bits per heavy atom. The fourth-order valence-corrected chi connectivity index (χ4v) is 4.73. The molecule has 0 saturated carbocycles. The molecule has 8 heteroatoms. The highest BCUT2D eigenvalue weighted by Crippen LogP contribution is 2.38. The van der Waals surface area contributed by atoms with Crippen molar-refractivity contribution in [2.45, 2.75) is 31.8 Å². The molecule has 1 atom stereocenters. The Labute approximate surface area is 192 Å². The zero-order chi connectivity index (χ0) is 22.1. The van der Waals surface area contributed by atoms with E-state index in [1.54, 1.807) is 6.20 Å². The van der Waals surface area contributed by atoms with Gasteiger partial charge >= 0.3 is 6.03 Å². The van der Waals surface area contributed by atoms with Gasteiger partial charge in [-0.25, -0.2) is 9.78 Å². The molecule has 3 heterocycles. The maximum absolute atomic E-state index is 12.8. The molecular formula is C23H27Cl2N5O. The summed E-state index contributed by atoms with van der Waals surface area (Å²) in [5.41, 5.74) is 3.32. The number of rotatable bonds is 4. The predicted molar refractivity (Wildman–Crippen MR) is 127 cm³/mol. The number of pyridine rings is 1. The molecule has 2 aromatic heterocycles. The quantitative estimate of drug-likeness (QED) is 0.553. The Morgan fingerprint density at radius 2 is 2.00 bits per heavy atom. The minimum atomic E-state index is -0.273. The van der Waals surface area contributed by atoms with Gasteiger partial charge in [-0.15, -0.1) is 0 Å². The van der Waals surface area contributed by atoms with Gasteiger partial charge in [-0.2, -0.15) is 0 Å². The molecule has 1 saturated heterocycles. The average Bonchev–Trinajstić information content (AvgIpc) is 3.23. The highest BCUT2D eigenvalue weighted by molar-refractivity contribution is 6.44. The highest BCUT2D eigenvalue weighted by atomic mass is 35.5. The van der Waals surface area contributed by atoms with Crippen LogP contribution in [0.5, 0.6) is 0 Å². The molecule has 4 rings (SSSR count). The Balaban J connectivity index is 1.50. The first kappa shape index (κ1) is 21.9. The summed E-state index contributed by atoms with van der Waals surface area (Å²) in [5, 5.41) is 4.98. The summed E-state index contributed by atoms with van der Waals surface area (Å²) in [5.74, 6) is 0. The second-order valence-corrected chi connectivity index (χ2v) is 9.04. The number of halogens is 2. The lowest BCUT2D eigenvalue weighted by molar-refractivity contribution is 0.146. The van der Waals surface area contributed by atoms with E-state index in [9.17, 15) is 4.79 Å². The number of benzene rings is 1. The van der Waals surface area contributed by atoms with E-state index in [1.807, 2.05) is 49.3 Å². The maximum Gasteiger partial charge on any atom is 0.317 e. The molecule has 2 N–H and O–H groups in total. The second-order valence-electron chi connectivity index (χ2n) is 8.29. The summed E-state index contributed by atoms with van der Waals surface area (Å²) in [4.78, 5) is 24.4. The van der Waals surface area contributed by atoms with Crippen molar-refractivity contribution in [2.24, 2.45) is 0 Å². The van der Waals surface area contributed by atoms with E-state index in [0.29, 0.717) is 10.0 Å². The molecule has 0 radical (unpaired) electrons. The molecule has 0 aliphatic carbocycles. The summed E-state index contributed by atoms with van der Waals surface area (Å²) < 4.78 is 0. The molecule has 0 bridgehead atoms. The Bertz CT molecular complexity index is 1090. The van der Waals surface area contributed by atoms with Crippen molar-refractivity contribution in [3.8, 4) is 11.1 Å². The summed E-state index contributed by atoms with van der Waals surface area (Å²) >= 11 is 13.3. The third-order valence-corrected chi connectivity index (χ3v) is 7.08. The third-order valence-electron chi connectivity index (χ3n) is 6.19. The number of likely N-dealkylation sites (tertiary alicyclic amines) is 1. The standard InChI is InChI=1S/C23H27Cl2N5O/c1-14(28-23(31)30(3)17-7-10-29(2)11-8-17)18-4-5-19(21(25)20(18)24)16-12-15-6-9-26-22(15)27-13-16/h4-6,9,12-14,17H,7-8,10-11H2,1-3H3,(H,26,27)(H,28,31). The van der Waals surface area contributed by atoms with Gasteiger partial charge in [0.05, 0.1) is 16.1 Å². The number of aromatic nitrogens is 2. The summed E-state index contributed by atoms with van der Waals surface area (Å²) in [7, 11) is 3.97. The largest absolute Gasteiger partial charge is 0.346 e. The third kappa shape index (κ3) is 4.52. The first-order chi connectivity index (χ1) is 14.8. The van der Waals surface area contributed by atoms with Crippen LogP contribution in [-0.2, 0) is 0 Å². The number of hydrogen-bond acceptors (Lipinski definition) is 3. The van der Waals surface area contributed by atoms with Crippen LogP contribution in [0.4, 0.5) is 4.79 Å². The predicted octanol–water partition coefficient (Wildman–Crippen LogP) is 5.33. The van der Waals surface area contributed by atoms with Crippen molar-refractivity contribution in [2.75, 3.05) is 27.2 Å². The Kier molecular flexibility index (Phi) is 6.42. The summed E-state index contributed by atoms with van der Waals surface area (Å²) in [6.07, 6.45) is 5.59. The lowest BCUT2D eigenvalue weighted by Gasteiger charge is -2.35. The van der Waals surface area contributed by atoms with Gasteiger partial charge in [0.25, 0.3) is 0 Å². The number of nitrogens with zero attached hydrogens (tertiary/aromatic N) is 3. The van der Waals surface area contributed by atoms with E-state index >= 15 is 0 Å². The Hall–Kier alpha value is -2.28. The molecule has 31 heavy (non-hydrogen) atoms. The molecule has 1 aromatic carbocycles. The van der Waals surface area contributed by atoms with E-state index in [1.165, 1.54) is 0 Å². The number of aromatic amines is 1. The van der Waals surface area contributed by atoms with E-state index < -0.39 is 0 Å². The molecule has 2 amide bonds. The van der Waals surface area contributed by atoms with Gasteiger partial charge in [0.1, 0.15) is 5.65 Å². The highest BCUT2D eigenvalue weighted by Gasteiger charge is 2.25. The van der Waals surface area contributed by atoms with Crippen LogP contribution in [0.1, 0.15) is 31.4 Å². The second kappa shape index (κ2) is 9.07. The fourth-order valence-electron chi connectivity index (χ4n) is 4.12. The minimum absolute atomic E-state index is 0.0968. The molecule has 1 aliphatic rings. The van der Waals surface area contributed by atoms with Crippen molar-refractivity contribution >= 4 is 40.3 Å². The van der Waals surface area contributed by atoms with E-state index in [-0.39, 0.29) is 18.1 Å². The number of fused-ring (bicyclic) bond motifs is 1. The van der Waals surface area contributed by atoms with Crippen LogP contribution in [0.3, 0.4) is 0 Å². The van der Waals surface area contributed by atoms with Crippen LogP contribution in [-0.4, -0.2) is 59.0 Å². The van der Waals surface area contributed by atoms with Gasteiger partial charge in [0.15, 0.2) is 0 Å². The summed E-state index contributed by atoms with van der Waals surface area (Å²) in [6.45, 7) is 3.93. The number of piperidine rings is 1. The van der Waals surface area contributed by atoms with Crippen LogP contribution in [0.15, 0.2) is 36.7 Å². The van der Waals surface area contributed by atoms with Crippen molar-refractivity contribution in [1.82, 2.24) is 25.1 Å². The van der Waals surface area contributed by atoms with Crippen molar-refractivity contribution < 1.29 is 4.79 Å². The van der Waals surface area contributed by atoms with Crippen molar-refractivity contribution in [3.63, 3.8) is 0 Å². The SMILES string of the molecule is CC(NC(=O)N(C)C1CCN(C)CC1)c1ccc(-c2cnc3[nH]ccc3c2)c(Cl)c1Cl. The zero-order valence-electron chi connectivity index (χ0n) is 18.0. The number of carbonyl (C=O) groups is 1. The van der Waals surface area contributed by atoms with E-state index in [4.69, 9.17) is 23.2 Å².